The highest BCUT2D eigenvalue weighted by Crippen LogP contribution is 2.47. The van der Waals surface area contributed by atoms with E-state index in [1.54, 1.807) is 0 Å². The van der Waals surface area contributed by atoms with Crippen molar-refractivity contribution in [3.8, 4) is 0 Å². The molecule has 0 aromatic rings. The third-order valence-corrected chi connectivity index (χ3v) is 3.52. The second-order valence-corrected chi connectivity index (χ2v) is 5.07. The van der Waals surface area contributed by atoms with Crippen LogP contribution in [0.5, 0.6) is 0 Å². The van der Waals surface area contributed by atoms with E-state index < -0.39 is 0 Å². The lowest BCUT2D eigenvalue weighted by Crippen LogP contribution is -2.37. The highest BCUT2D eigenvalue weighted by molar-refractivity contribution is 5.20. The molecule has 1 aliphatic rings. The van der Waals surface area contributed by atoms with Gasteiger partial charge in [-0.15, -0.1) is 0 Å². The van der Waals surface area contributed by atoms with E-state index in [0.717, 1.165) is 0 Å². The SMILES string of the molecule is CC1C=CC=CC1(C)C(C)(C)C. The molecule has 0 spiro atoms. The van der Waals surface area contributed by atoms with Gasteiger partial charge in [0, 0.05) is 0 Å². The maximum Gasteiger partial charge on any atom is -0.00347 e. The Hall–Kier alpha value is -0.520. The molecule has 2 unspecified atom stereocenters. The molecule has 2 atom stereocenters. The standard InChI is InChI=1S/C12H20/c1-10-8-6-7-9-12(10,5)11(2,3)4/h6-10H,1-5H3. The summed E-state index contributed by atoms with van der Waals surface area (Å²) in [6, 6.07) is 0. The number of hydrogen-bond donors (Lipinski definition) is 0. The Balaban J connectivity index is 2.99. The molecule has 0 radical (unpaired) electrons. The second kappa shape index (κ2) is 2.76. The summed E-state index contributed by atoms with van der Waals surface area (Å²) in [5, 5.41) is 0. The van der Waals surface area contributed by atoms with Gasteiger partial charge in [-0.05, 0) is 16.7 Å². The summed E-state index contributed by atoms with van der Waals surface area (Å²) in [5.41, 5.74) is 0.648. The molecule has 0 bridgehead atoms. The third-order valence-electron chi connectivity index (χ3n) is 3.52. The fraction of sp³-hybridized carbons (Fsp3) is 0.667. The van der Waals surface area contributed by atoms with Crippen LogP contribution < -0.4 is 0 Å². The number of rotatable bonds is 0. The van der Waals surface area contributed by atoms with Crippen LogP contribution in [-0.4, -0.2) is 0 Å². The second-order valence-electron chi connectivity index (χ2n) is 5.07. The Morgan fingerprint density at radius 2 is 1.75 bits per heavy atom. The molecule has 0 fully saturated rings. The Labute approximate surface area is 76.4 Å². The highest BCUT2D eigenvalue weighted by Gasteiger charge is 2.39. The van der Waals surface area contributed by atoms with Crippen molar-refractivity contribution in [3.63, 3.8) is 0 Å². The first-order chi connectivity index (χ1) is 5.38. The molecule has 0 aromatic carbocycles. The minimum atomic E-state index is 0.307. The van der Waals surface area contributed by atoms with Crippen LogP contribution in [-0.2, 0) is 0 Å². The van der Waals surface area contributed by atoms with Crippen LogP contribution in [0.1, 0.15) is 34.6 Å². The molecule has 0 aromatic heterocycles. The van der Waals surface area contributed by atoms with Crippen molar-refractivity contribution in [1.82, 2.24) is 0 Å². The van der Waals surface area contributed by atoms with Crippen LogP contribution in [0, 0.1) is 16.7 Å². The molecular weight excluding hydrogens is 144 g/mol. The van der Waals surface area contributed by atoms with Crippen molar-refractivity contribution in [2.75, 3.05) is 0 Å². The first-order valence-corrected chi connectivity index (χ1v) is 4.74. The number of hydrogen-bond acceptors (Lipinski definition) is 0. The van der Waals surface area contributed by atoms with Crippen molar-refractivity contribution in [2.24, 2.45) is 16.7 Å². The summed E-state index contributed by atoms with van der Waals surface area (Å²) >= 11 is 0. The van der Waals surface area contributed by atoms with Crippen molar-refractivity contribution in [2.45, 2.75) is 34.6 Å². The van der Waals surface area contributed by atoms with Crippen LogP contribution in [0.2, 0.25) is 0 Å². The number of allylic oxidation sites excluding steroid dienone is 4. The Kier molecular flexibility index (Phi) is 2.20. The monoisotopic (exact) mass is 164 g/mol. The van der Waals surface area contributed by atoms with Crippen LogP contribution in [0.15, 0.2) is 24.3 Å². The smallest absolute Gasteiger partial charge is 0.00347 e. The van der Waals surface area contributed by atoms with E-state index >= 15 is 0 Å². The molecular formula is C12H20. The molecule has 68 valence electrons. The van der Waals surface area contributed by atoms with Gasteiger partial charge in [0.2, 0.25) is 0 Å². The minimum absolute atomic E-state index is 0.307. The van der Waals surface area contributed by atoms with Gasteiger partial charge in [-0.1, -0.05) is 58.9 Å². The van der Waals surface area contributed by atoms with Crippen molar-refractivity contribution >= 4 is 0 Å². The molecule has 12 heavy (non-hydrogen) atoms. The van der Waals surface area contributed by atoms with Crippen molar-refractivity contribution in [1.29, 1.82) is 0 Å². The zero-order chi connectivity index (χ0) is 9.41. The zero-order valence-electron chi connectivity index (χ0n) is 8.89. The molecule has 0 amide bonds. The van der Waals surface area contributed by atoms with Gasteiger partial charge in [-0.25, -0.2) is 0 Å². The van der Waals surface area contributed by atoms with E-state index in [0.29, 0.717) is 16.7 Å². The summed E-state index contributed by atoms with van der Waals surface area (Å²) in [4.78, 5) is 0. The first-order valence-electron chi connectivity index (χ1n) is 4.74. The minimum Gasteiger partial charge on any atom is -0.0808 e. The lowest BCUT2D eigenvalue weighted by atomic mass is 9.60. The average Bonchev–Trinajstić information content (AvgIpc) is 1.93. The quantitative estimate of drug-likeness (QED) is 0.511. The van der Waals surface area contributed by atoms with Crippen LogP contribution in [0.4, 0.5) is 0 Å². The molecule has 0 nitrogen and oxygen atoms in total. The van der Waals surface area contributed by atoms with Crippen LogP contribution in [0.3, 0.4) is 0 Å². The molecule has 0 aliphatic heterocycles. The van der Waals surface area contributed by atoms with Gasteiger partial charge < -0.3 is 0 Å². The van der Waals surface area contributed by atoms with E-state index in [4.69, 9.17) is 0 Å². The Morgan fingerprint density at radius 3 is 2.08 bits per heavy atom. The summed E-state index contributed by atoms with van der Waals surface area (Å²) < 4.78 is 0. The zero-order valence-corrected chi connectivity index (χ0v) is 8.89. The van der Waals surface area contributed by atoms with E-state index in [1.165, 1.54) is 0 Å². The predicted octanol–water partition coefficient (Wildman–Crippen LogP) is 3.80. The predicted molar refractivity (Wildman–Crippen MR) is 55.0 cm³/mol. The Morgan fingerprint density at radius 1 is 1.17 bits per heavy atom. The largest absolute Gasteiger partial charge is 0.0808 e. The summed E-state index contributed by atoms with van der Waals surface area (Å²) in [5.74, 6) is 0.641. The Bertz CT molecular complexity index is 215. The normalized spacial score (nSPS) is 35.6. The first kappa shape index (κ1) is 9.57. The third kappa shape index (κ3) is 1.35. The molecule has 1 aliphatic carbocycles. The van der Waals surface area contributed by atoms with Gasteiger partial charge in [0.25, 0.3) is 0 Å². The van der Waals surface area contributed by atoms with Gasteiger partial charge in [-0.3, -0.25) is 0 Å². The van der Waals surface area contributed by atoms with Crippen molar-refractivity contribution < 1.29 is 0 Å². The fourth-order valence-corrected chi connectivity index (χ4v) is 1.77. The van der Waals surface area contributed by atoms with Gasteiger partial charge in [0.15, 0.2) is 0 Å². The van der Waals surface area contributed by atoms with Gasteiger partial charge >= 0.3 is 0 Å². The molecule has 0 N–H and O–H groups in total. The molecule has 0 heterocycles. The van der Waals surface area contributed by atoms with E-state index in [1.807, 2.05) is 0 Å². The molecule has 1 rings (SSSR count). The maximum atomic E-state index is 2.34. The van der Waals surface area contributed by atoms with Gasteiger partial charge in [0.1, 0.15) is 0 Å². The van der Waals surface area contributed by atoms with E-state index in [2.05, 4.69) is 58.9 Å². The lowest BCUT2D eigenvalue weighted by molar-refractivity contribution is 0.121. The highest BCUT2D eigenvalue weighted by atomic mass is 14.4. The summed E-state index contributed by atoms with van der Waals surface area (Å²) in [7, 11) is 0. The average molecular weight is 164 g/mol. The van der Waals surface area contributed by atoms with Crippen LogP contribution in [0.25, 0.3) is 0 Å². The van der Waals surface area contributed by atoms with Crippen molar-refractivity contribution in [3.05, 3.63) is 24.3 Å². The van der Waals surface area contributed by atoms with E-state index in [-0.39, 0.29) is 0 Å². The molecule has 0 saturated carbocycles. The molecule has 0 heteroatoms. The maximum absolute atomic E-state index is 2.34. The van der Waals surface area contributed by atoms with Crippen LogP contribution >= 0.6 is 0 Å². The fourth-order valence-electron chi connectivity index (χ4n) is 1.77. The summed E-state index contributed by atoms with van der Waals surface area (Å²) in [6.07, 6.45) is 8.96. The van der Waals surface area contributed by atoms with Gasteiger partial charge in [-0.2, -0.15) is 0 Å². The van der Waals surface area contributed by atoms with Gasteiger partial charge in [0.05, 0.1) is 0 Å². The topological polar surface area (TPSA) is 0 Å². The summed E-state index contributed by atoms with van der Waals surface area (Å²) in [6.45, 7) is 11.6. The van der Waals surface area contributed by atoms with E-state index in [9.17, 15) is 0 Å². The lowest BCUT2D eigenvalue weighted by Gasteiger charge is -2.44. The molecule has 0 saturated heterocycles.